The molecule has 13 nitrogen and oxygen atoms in total. The van der Waals surface area contributed by atoms with Gasteiger partial charge in [-0.05, 0) is 42.2 Å². The van der Waals surface area contributed by atoms with Gasteiger partial charge in [0.25, 0.3) is 0 Å². The zero-order valence-electron chi connectivity index (χ0n) is 27.0. The first-order valence-corrected chi connectivity index (χ1v) is 15.7. The summed E-state index contributed by atoms with van der Waals surface area (Å²) >= 11 is 0. The second-order valence-corrected chi connectivity index (χ2v) is 13.7. The Morgan fingerprint density at radius 2 is 1.91 bits per heavy atom. The van der Waals surface area contributed by atoms with Crippen molar-refractivity contribution in [2.75, 3.05) is 11.9 Å². The number of aliphatic hydroxyl groups is 1. The van der Waals surface area contributed by atoms with Gasteiger partial charge in [0.05, 0.1) is 5.69 Å². The minimum Gasteiger partial charge on any atom is -0.463 e. The summed E-state index contributed by atoms with van der Waals surface area (Å²) in [5.41, 5.74) is 3.87. The fourth-order valence-corrected chi connectivity index (χ4v) is 5.71. The summed E-state index contributed by atoms with van der Waals surface area (Å²) in [5, 5.41) is 29.3. The van der Waals surface area contributed by atoms with Crippen LogP contribution in [-0.2, 0) is 34.2 Å². The number of nitrogens with two attached hydrogens (primary N) is 1. The normalized spacial score (nSPS) is 25.5. The van der Waals surface area contributed by atoms with Crippen LogP contribution in [0.1, 0.15) is 85.8 Å². The maximum atomic E-state index is 13.1. The van der Waals surface area contributed by atoms with E-state index in [2.05, 4.69) is 21.5 Å². The predicted octanol–water partition coefficient (Wildman–Crippen LogP) is 3.24. The van der Waals surface area contributed by atoms with Gasteiger partial charge in [-0.3, -0.25) is 14.4 Å². The Labute approximate surface area is 263 Å². The summed E-state index contributed by atoms with van der Waals surface area (Å²) in [6, 6.07) is 4.13. The second kappa shape index (κ2) is 13.8. The van der Waals surface area contributed by atoms with Crippen LogP contribution >= 0.6 is 0 Å². The molecule has 6 atom stereocenters. The standard InChI is InChI=1S/C32H46N6O7/c1-18(2)19(3)29(41)37-28-21-12-13-23(38(21)36-17-35-28)32(16-33)27(40)25(44-30(42)26(34)31(4,5)6)22(45-32)15-43-24(39)14-20-10-8-7-9-11-20/h12-13,17-20,22,25-27,40H,7-11,14-15,34H2,1-6H3,(H,35,36,37,41)/t19-,22+,25+,26+,27+,32-/m0/s1. The molecule has 45 heavy (non-hydrogen) atoms. The number of rotatable bonds is 10. The average molecular weight is 627 g/mol. The molecule has 3 heterocycles. The number of amides is 1. The minimum absolute atomic E-state index is 0.0915. The van der Waals surface area contributed by atoms with Gasteiger partial charge in [-0.2, -0.15) is 10.4 Å². The van der Waals surface area contributed by atoms with Crippen molar-refractivity contribution < 1.29 is 33.7 Å². The third-order valence-corrected chi connectivity index (χ3v) is 9.11. The first-order valence-electron chi connectivity index (χ1n) is 15.7. The number of nitrogens with zero attached hydrogens (tertiary/aromatic N) is 4. The minimum atomic E-state index is -2.09. The van der Waals surface area contributed by atoms with E-state index in [1.807, 2.05) is 20.8 Å². The van der Waals surface area contributed by atoms with Crippen molar-refractivity contribution in [1.29, 1.82) is 5.26 Å². The first-order chi connectivity index (χ1) is 21.2. The Balaban J connectivity index is 1.64. The third-order valence-electron chi connectivity index (χ3n) is 9.11. The molecule has 2 aromatic heterocycles. The largest absolute Gasteiger partial charge is 0.463 e. The van der Waals surface area contributed by atoms with Crippen LogP contribution in [0.3, 0.4) is 0 Å². The van der Waals surface area contributed by atoms with Crippen LogP contribution in [0, 0.1) is 34.5 Å². The Hall–Kier alpha value is -3.60. The number of carbonyl (C=O) groups is 3. The van der Waals surface area contributed by atoms with Crippen LogP contribution in [0.2, 0.25) is 0 Å². The lowest BCUT2D eigenvalue weighted by atomic mass is 9.87. The quantitative estimate of drug-likeness (QED) is 0.328. The van der Waals surface area contributed by atoms with Crippen molar-refractivity contribution in [1.82, 2.24) is 14.6 Å². The van der Waals surface area contributed by atoms with Crippen LogP contribution in [0.4, 0.5) is 5.82 Å². The number of hydrogen-bond donors (Lipinski definition) is 3. The molecule has 1 aliphatic heterocycles. The summed E-state index contributed by atoms with van der Waals surface area (Å²) in [5.74, 6) is -1.22. The number of aliphatic hydroxyl groups excluding tert-OH is 1. The van der Waals surface area contributed by atoms with Crippen LogP contribution < -0.4 is 11.1 Å². The zero-order valence-corrected chi connectivity index (χ0v) is 27.0. The van der Waals surface area contributed by atoms with Crippen LogP contribution in [-0.4, -0.2) is 68.5 Å². The highest BCUT2D eigenvalue weighted by Gasteiger charge is 2.60. The average Bonchev–Trinajstić information content (AvgIpc) is 3.55. The molecule has 2 aliphatic rings. The molecule has 4 N–H and O–H groups in total. The van der Waals surface area contributed by atoms with Crippen molar-refractivity contribution in [3.8, 4) is 6.07 Å². The van der Waals surface area contributed by atoms with E-state index < -0.39 is 47.3 Å². The molecule has 1 amide bonds. The molecular formula is C32H46N6O7. The number of esters is 2. The number of nitriles is 1. The van der Waals surface area contributed by atoms with Gasteiger partial charge < -0.3 is 30.4 Å². The van der Waals surface area contributed by atoms with Gasteiger partial charge in [-0.15, -0.1) is 0 Å². The van der Waals surface area contributed by atoms with Gasteiger partial charge in [0, 0.05) is 12.3 Å². The molecule has 0 aromatic carbocycles. The predicted molar refractivity (Wildman–Crippen MR) is 163 cm³/mol. The number of anilines is 1. The monoisotopic (exact) mass is 626 g/mol. The summed E-state index contributed by atoms with van der Waals surface area (Å²) in [4.78, 5) is 42.9. The van der Waals surface area contributed by atoms with E-state index in [0.29, 0.717) is 5.52 Å². The molecule has 1 saturated heterocycles. The molecule has 13 heteroatoms. The highest BCUT2D eigenvalue weighted by molar-refractivity contribution is 5.95. The number of fused-ring (bicyclic) bond motifs is 1. The molecule has 4 rings (SSSR count). The molecule has 2 fully saturated rings. The number of carbonyl (C=O) groups excluding carboxylic acids is 3. The van der Waals surface area contributed by atoms with Gasteiger partial charge in [-0.25, -0.2) is 9.50 Å². The number of aromatic nitrogens is 3. The van der Waals surface area contributed by atoms with Crippen molar-refractivity contribution in [2.45, 2.75) is 110 Å². The maximum absolute atomic E-state index is 13.1. The fourth-order valence-electron chi connectivity index (χ4n) is 5.71. The number of ether oxygens (including phenoxy) is 3. The zero-order chi connectivity index (χ0) is 33.1. The van der Waals surface area contributed by atoms with E-state index in [-0.39, 0.29) is 48.2 Å². The third kappa shape index (κ3) is 7.29. The molecular weight excluding hydrogens is 580 g/mol. The summed E-state index contributed by atoms with van der Waals surface area (Å²) in [6.07, 6.45) is 2.38. The summed E-state index contributed by atoms with van der Waals surface area (Å²) in [6.45, 7) is 10.6. The fraction of sp³-hybridized carbons (Fsp3) is 0.688. The van der Waals surface area contributed by atoms with E-state index in [1.54, 1.807) is 26.8 Å². The highest BCUT2D eigenvalue weighted by atomic mass is 16.6. The first kappa shape index (κ1) is 34.3. The van der Waals surface area contributed by atoms with Gasteiger partial charge in [0.2, 0.25) is 11.5 Å². The van der Waals surface area contributed by atoms with E-state index in [0.717, 1.165) is 32.1 Å². The molecule has 2 aromatic rings. The topological polar surface area (TPSA) is 191 Å². The van der Waals surface area contributed by atoms with E-state index in [1.165, 1.54) is 16.9 Å². The molecule has 0 bridgehead atoms. The Bertz CT molecular complexity index is 1420. The lowest BCUT2D eigenvalue weighted by Gasteiger charge is -2.29. The van der Waals surface area contributed by atoms with Gasteiger partial charge >= 0.3 is 11.9 Å². The molecule has 0 spiro atoms. The lowest BCUT2D eigenvalue weighted by molar-refractivity contribution is -0.163. The lowest BCUT2D eigenvalue weighted by Crippen LogP contribution is -2.49. The van der Waals surface area contributed by atoms with Crippen LogP contribution in [0.15, 0.2) is 18.5 Å². The van der Waals surface area contributed by atoms with Crippen LogP contribution in [0.5, 0.6) is 0 Å². The number of hydrogen-bond acceptors (Lipinski definition) is 11. The van der Waals surface area contributed by atoms with Crippen molar-refractivity contribution in [3.05, 3.63) is 24.2 Å². The maximum Gasteiger partial charge on any atom is 0.323 e. The van der Waals surface area contributed by atoms with Crippen molar-refractivity contribution >= 4 is 29.2 Å². The van der Waals surface area contributed by atoms with Gasteiger partial charge in [0.1, 0.15) is 42.8 Å². The highest BCUT2D eigenvalue weighted by Crippen LogP contribution is 2.42. The van der Waals surface area contributed by atoms with Crippen molar-refractivity contribution in [2.24, 2.45) is 28.9 Å². The van der Waals surface area contributed by atoms with Crippen LogP contribution in [0.25, 0.3) is 5.52 Å². The molecule has 1 aliphatic carbocycles. The second-order valence-electron chi connectivity index (χ2n) is 13.7. The van der Waals surface area contributed by atoms with E-state index >= 15 is 0 Å². The summed E-state index contributed by atoms with van der Waals surface area (Å²) < 4.78 is 18.8. The Morgan fingerprint density at radius 1 is 1.22 bits per heavy atom. The Kier molecular flexibility index (Phi) is 10.5. The molecule has 1 saturated carbocycles. The van der Waals surface area contributed by atoms with Gasteiger partial charge in [-0.1, -0.05) is 60.8 Å². The van der Waals surface area contributed by atoms with Gasteiger partial charge in [0.15, 0.2) is 11.9 Å². The number of nitrogens with one attached hydrogen (secondary N) is 1. The van der Waals surface area contributed by atoms with E-state index in [4.69, 9.17) is 19.9 Å². The smallest absolute Gasteiger partial charge is 0.323 e. The molecule has 246 valence electrons. The van der Waals surface area contributed by atoms with E-state index in [9.17, 15) is 24.8 Å². The van der Waals surface area contributed by atoms with Crippen molar-refractivity contribution in [3.63, 3.8) is 0 Å². The Morgan fingerprint density at radius 3 is 2.53 bits per heavy atom. The summed E-state index contributed by atoms with van der Waals surface area (Å²) in [7, 11) is 0. The SMILES string of the molecule is CC(C)[C@H](C)C(=O)Nc1ncnn2c([C@]3(C#N)O[C@H](COC(=O)CC4CCCCC4)[C@@H](OC(=O)[C@@H](N)C(C)(C)C)[C@H]3O)ccc12. The molecule has 0 unspecified atom stereocenters. The molecule has 0 radical (unpaired) electrons.